The van der Waals surface area contributed by atoms with Crippen LogP contribution in [0, 0.1) is 5.41 Å². The first-order valence-electron chi connectivity index (χ1n) is 14.7. The quantitative estimate of drug-likeness (QED) is 0.0585. The summed E-state index contributed by atoms with van der Waals surface area (Å²) in [7, 11) is 0. The van der Waals surface area contributed by atoms with Crippen molar-refractivity contribution in [1.29, 1.82) is 5.41 Å². The van der Waals surface area contributed by atoms with Crippen molar-refractivity contribution in [3.8, 4) is 11.3 Å². The van der Waals surface area contributed by atoms with Gasteiger partial charge in [0.1, 0.15) is 19.0 Å². The number of hydrogen-bond acceptors (Lipinski definition) is 9. The van der Waals surface area contributed by atoms with E-state index in [1.165, 1.54) is 16.8 Å². The van der Waals surface area contributed by atoms with Gasteiger partial charge in [-0.15, -0.1) is 0 Å². The molecule has 3 aromatic carbocycles. The Morgan fingerprint density at radius 3 is 2.24 bits per heavy atom. The van der Waals surface area contributed by atoms with Crippen LogP contribution in [0.2, 0.25) is 0 Å². The first-order chi connectivity index (χ1) is 23.2. The maximum absolute atomic E-state index is 13.5. The number of benzene rings is 3. The molecular weight excluding hydrogens is 647 g/mol. The molecule has 13 nitrogen and oxygen atoms in total. The maximum Gasteiger partial charge on any atom is 0.490 e. The number of carbonyl (C=O) groups excluding carboxylic acids is 2. The average molecular weight is 680 g/mol. The number of amidine groups is 1. The van der Waals surface area contributed by atoms with Gasteiger partial charge in [-0.2, -0.15) is 13.2 Å². The summed E-state index contributed by atoms with van der Waals surface area (Å²) < 4.78 is 38.5. The van der Waals surface area contributed by atoms with Crippen LogP contribution >= 0.6 is 0 Å². The summed E-state index contributed by atoms with van der Waals surface area (Å²) >= 11 is 0. The number of carbonyl (C=O) groups is 3. The molecule has 16 heteroatoms. The molecule has 0 bridgehead atoms. The van der Waals surface area contributed by atoms with Gasteiger partial charge in [-0.3, -0.25) is 19.6 Å². The smallest absolute Gasteiger partial charge is 0.475 e. The van der Waals surface area contributed by atoms with Crippen LogP contribution in [0.15, 0.2) is 83.8 Å². The minimum Gasteiger partial charge on any atom is -0.475 e. The lowest BCUT2D eigenvalue weighted by molar-refractivity contribution is -0.192. The molecule has 1 fully saturated rings. The zero-order valence-corrected chi connectivity index (χ0v) is 25.8. The lowest BCUT2D eigenvalue weighted by atomic mass is 10.1. The number of alkyl halides is 3. The van der Waals surface area contributed by atoms with Gasteiger partial charge in [0.2, 0.25) is 5.91 Å². The second-order valence-electron chi connectivity index (χ2n) is 10.9. The van der Waals surface area contributed by atoms with Crippen LogP contribution in [-0.4, -0.2) is 50.6 Å². The van der Waals surface area contributed by atoms with Crippen LogP contribution in [-0.2, 0) is 34.0 Å². The van der Waals surface area contributed by atoms with Crippen LogP contribution in [0.25, 0.3) is 11.3 Å². The van der Waals surface area contributed by atoms with Crippen molar-refractivity contribution in [1.82, 2.24) is 14.9 Å². The highest BCUT2D eigenvalue weighted by molar-refractivity contribution is 5.95. The van der Waals surface area contributed by atoms with E-state index in [1.54, 1.807) is 36.4 Å². The Morgan fingerprint density at radius 2 is 1.65 bits per heavy atom. The molecule has 1 aromatic heterocycles. The van der Waals surface area contributed by atoms with E-state index in [0.29, 0.717) is 16.8 Å². The zero-order valence-electron chi connectivity index (χ0n) is 25.8. The molecule has 1 aliphatic carbocycles. The third kappa shape index (κ3) is 10.4. The van der Waals surface area contributed by atoms with Gasteiger partial charge in [-0.05, 0) is 42.2 Å². The highest BCUT2D eigenvalue weighted by Gasteiger charge is 2.38. The highest BCUT2D eigenvalue weighted by atomic mass is 19.4. The molecule has 1 heterocycles. The van der Waals surface area contributed by atoms with Gasteiger partial charge in [-0.1, -0.05) is 54.6 Å². The minimum absolute atomic E-state index is 0.0417. The first kappa shape index (κ1) is 35.7. The molecule has 5 rings (SSSR count). The fourth-order valence-electron chi connectivity index (χ4n) is 4.32. The number of halogens is 3. The number of ether oxygens (including phenoxy) is 1. The number of carboxylic acids is 1. The highest BCUT2D eigenvalue weighted by Crippen LogP contribution is 2.26. The number of nitrogen functional groups attached to an aromatic ring is 2. The second-order valence-corrected chi connectivity index (χ2v) is 10.9. The van der Waals surface area contributed by atoms with E-state index in [2.05, 4.69) is 15.6 Å². The van der Waals surface area contributed by atoms with E-state index in [9.17, 15) is 27.6 Å². The topological polar surface area (TPSA) is 216 Å². The van der Waals surface area contributed by atoms with Gasteiger partial charge < -0.3 is 31.9 Å². The molecule has 256 valence electrons. The molecule has 0 unspecified atom stereocenters. The number of nitrogens with two attached hydrogens (primary N) is 2. The van der Waals surface area contributed by atoms with Crippen LogP contribution in [0.3, 0.4) is 0 Å². The molecular formula is C33H32F3N7O6. The SMILES string of the molecule is N=C(N)c1ccc(CNC(=O)Cn2c(-c3cc(N)cc(C(=O)OCc4ccccc4)c3)cnc(NC3CC3)c2=O)cc1.O=C(O)C(F)(F)F. The molecule has 0 saturated heterocycles. The van der Waals surface area contributed by atoms with E-state index in [4.69, 9.17) is 31.5 Å². The number of aromatic nitrogens is 2. The Labute approximate surface area is 277 Å². The Hall–Kier alpha value is -6.19. The summed E-state index contributed by atoms with van der Waals surface area (Å²) in [6.45, 7) is 0.0223. The van der Waals surface area contributed by atoms with Crippen molar-refractivity contribution in [3.63, 3.8) is 0 Å². The Balaban J connectivity index is 0.000000698. The van der Waals surface area contributed by atoms with E-state index >= 15 is 0 Å². The largest absolute Gasteiger partial charge is 0.490 e. The van der Waals surface area contributed by atoms with E-state index in [1.807, 2.05) is 30.3 Å². The van der Waals surface area contributed by atoms with Gasteiger partial charge in [0.15, 0.2) is 5.82 Å². The summed E-state index contributed by atoms with van der Waals surface area (Å²) in [5.41, 5.74) is 14.7. The number of aliphatic carboxylic acids is 1. The van der Waals surface area contributed by atoms with Crippen molar-refractivity contribution >= 4 is 35.2 Å². The number of nitrogens with zero attached hydrogens (tertiary/aromatic N) is 2. The number of nitrogens with one attached hydrogen (secondary N) is 3. The average Bonchev–Trinajstić information content (AvgIpc) is 3.89. The minimum atomic E-state index is -5.08. The predicted molar refractivity (Wildman–Crippen MR) is 174 cm³/mol. The fourth-order valence-corrected chi connectivity index (χ4v) is 4.32. The van der Waals surface area contributed by atoms with Crippen LogP contribution in [0.4, 0.5) is 24.7 Å². The van der Waals surface area contributed by atoms with Crippen LogP contribution in [0.1, 0.15) is 39.9 Å². The number of esters is 1. The molecule has 4 aromatic rings. The lowest BCUT2D eigenvalue weighted by Crippen LogP contribution is -2.34. The van der Waals surface area contributed by atoms with Crippen molar-refractivity contribution in [2.24, 2.45) is 5.73 Å². The van der Waals surface area contributed by atoms with E-state index in [0.717, 1.165) is 24.0 Å². The number of hydrogen-bond donors (Lipinski definition) is 6. The third-order valence-electron chi connectivity index (χ3n) is 6.97. The van der Waals surface area contributed by atoms with Gasteiger partial charge >= 0.3 is 18.1 Å². The van der Waals surface area contributed by atoms with E-state index in [-0.39, 0.29) is 48.6 Å². The van der Waals surface area contributed by atoms with Crippen molar-refractivity contribution in [2.75, 3.05) is 11.1 Å². The van der Waals surface area contributed by atoms with Crippen molar-refractivity contribution in [3.05, 3.63) is 112 Å². The summed E-state index contributed by atoms with van der Waals surface area (Å²) in [6, 6.07) is 21.1. The summed E-state index contributed by atoms with van der Waals surface area (Å²) in [4.78, 5) is 52.7. The first-order valence-corrected chi connectivity index (χ1v) is 14.7. The molecule has 1 saturated carbocycles. The molecule has 1 amide bonds. The molecule has 1 aliphatic rings. The third-order valence-corrected chi connectivity index (χ3v) is 6.97. The molecule has 0 atom stereocenters. The van der Waals surface area contributed by atoms with Gasteiger partial charge in [0, 0.05) is 29.4 Å². The number of amides is 1. The van der Waals surface area contributed by atoms with Gasteiger partial charge in [0.05, 0.1) is 17.5 Å². The molecule has 0 radical (unpaired) electrons. The standard InChI is InChI=1S/C31H31N7O4.C2HF3O2/c32-24-13-22(12-23(14-24)31(41)42-18-20-4-2-1-3-5-20)26-16-36-29(37-25-10-11-25)30(40)38(26)17-27(39)35-15-19-6-8-21(9-7-19)28(33)34;3-2(4,5)1(6)7/h1-9,12-14,16,25H,10-11,15,17-18,32H2,(H3,33,34)(H,35,39)(H,36,37);(H,6,7). The Bertz CT molecular complexity index is 1890. The predicted octanol–water partition coefficient (Wildman–Crippen LogP) is 3.66. The van der Waals surface area contributed by atoms with Crippen molar-refractivity contribution < 1.29 is 37.4 Å². The molecule has 0 spiro atoms. The van der Waals surface area contributed by atoms with E-state index < -0.39 is 29.6 Å². The molecule has 8 N–H and O–H groups in total. The summed E-state index contributed by atoms with van der Waals surface area (Å²) in [5, 5.41) is 20.6. The second kappa shape index (κ2) is 15.6. The monoisotopic (exact) mass is 679 g/mol. The van der Waals surface area contributed by atoms with Gasteiger partial charge in [-0.25, -0.2) is 14.6 Å². The lowest BCUT2D eigenvalue weighted by Gasteiger charge is -2.16. The number of carboxylic acid groups (broad SMARTS) is 1. The molecule has 0 aliphatic heterocycles. The van der Waals surface area contributed by atoms with Crippen LogP contribution in [0.5, 0.6) is 0 Å². The Morgan fingerprint density at radius 1 is 1.00 bits per heavy atom. The number of anilines is 2. The zero-order chi connectivity index (χ0) is 35.7. The fraction of sp³-hybridized carbons (Fsp3) is 0.212. The van der Waals surface area contributed by atoms with Crippen molar-refractivity contribution in [2.45, 2.75) is 44.8 Å². The van der Waals surface area contributed by atoms with Crippen LogP contribution < -0.4 is 27.7 Å². The summed E-state index contributed by atoms with van der Waals surface area (Å²) in [6.07, 6.45) is -1.71. The normalized spacial score (nSPS) is 12.2. The summed E-state index contributed by atoms with van der Waals surface area (Å²) in [5.74, 6) is -3.62. The molecule has 49 heavy (non-hydrogen) atoms. The maximum atomic E-state index is 13.5. The van der Waals surface area contributed by atoms with Gasteiger partial charge in [0.25, 0.3) is 5.56 Å². The number of rotatable bonds is 11. The Kier molecular flexibility index (Phi) is 11.4.